The Morgan fingerprint density at radius 1 is 1.50 bits per heavy atom. The number of para-hydroxylation sites is 1. The predicted molar refractivity (Wildman–Crippen MR) is 90.3 cm³/mol. The Balaban J connectivity index is 2.11. The Morgan fingerprint density at radius 2 is 2.18 bits per heavy atom. The summed E-state index contributed by atoms with van der Waals surface area (Å²) in [7, 11) is -4.76. The van der Waals surface area contributed by atoms with Crippen LogP contribution in [0.25, 0.3) is 10.4 Å². The Morgan fingerprint density at radius 3 is 2.71 bits per heavy atom. The standard InChI is InChI=1S/C13H11N6O8S/c14-17-16-8-3-1-2-7(11(8)19(23)24)12(21)15-4-5-18-10(20)6-9(13(18)22)28(25,26)27/h1-3,5,9H,4,6H2,(H,15,21)(H,25,26,27). The Labute approximate surface area is 156 Å². The van der Waals surface area contributed by atoms with E-state index in [2.05, 4.69) is 15.3 Å². The number of imide groups is 1. The van der Waals surface area contributed by atoms with E-state index in [9.17, 15) is 32.9 Å². The van der Waals surface area contributed by atoms with Crippen molar-refractivity contribution in [3.63, 3.8) is 0 Å². The quantitative estimate of drug-likeness (QED) is 0.122. The molecule has 15 heteroatoms. The van der Waals surface area contributed by atoms with Gasteiger partial charge in [0, 0.05) is 11.5 Å². The lowest BCUT2D eigenvalue weighted by Crippen LogP contribution is -2.37. The molecule has 1 unspecified atom stereocenters. The van der Waals surface area contributed by atoms with Gasteiger partial charge in [-0.3, -0.25) is 34.0 Å². The van der Waals surface area contributed by atoms with Gasteiger partial charge in [0.15, 0.2) is 5.25 Å². The van der Waals surface area contributed by atoms with E-state index < -0.39 is 62.2 Å². The predicted octanol–water partition coefficient (Wildman–Crippen LogP) is 0.443. The minimum Gasteiger partial charge on any atom is -0.350 e. The van der Waals surface area contributed by atoms with Crippen LogP contribution in [0.4, 0.5) is 11.4 Å². The number of hydrogen-bond donors (Lipinski definition) is 2. The summed E-state index contributed by atoms with van der Waals surface area (Å²) in [6.45, 7) is 0.411. The van der Waals surface area contributed by atoms with Crippen LogP contribution >= 0.6 is 0 Å². The van der Waals surface area contributed by atoms with E-state index in [0.29, 0.717) is 4.90 Å². The molecule has 0 saturated carbocycles. The van der Waals surface area contributed by atoms with Gasteiger partial charge in [0.2, 0.25) is 5.91 Å². The minimum atomic E-state index is -4.76. The van der Waals surface area contributed by atoms with E-state index in [1.807, 2.05) is 0 Å². The van der Waals surface area contributed by atoms with Gasteiger partial charge in [0.25, 0.3) is 27.6 Å². The van der Waals surface area contributed by atoms with Crippen LogP contribution in [0.5, 0.6) is 0 Å². The number of benzene rings is 1. The first kappa shape index (κ1) is 20.8. The molecule has 1 aromatic carbocycles. The Hall–Kier alpha value is -3.55. The van der Waals surface area contributed by atoms with Crippen LogP contribution in [-0.2, 0) is 19.7 Å². The van der Waals surface area contributed by atoms with E-state index in [-0.39, 0.29) is 5.69 Å². The number of nitro groups is 1. The molecule has 0 spiro atoms. The molecule has 1 aromatic rings. The van der Waals surface area contributed by atoms with Crippen molar-refractivity contribution >= 4 is 39.2 Å². The maximum atomic E-state index is 12.2. The molecule has 1 aliphatic heterocycles. The van der Waals surface area contributed by atoms with Gasteiger partial charge in [-0.2, -0.15) is 8.42 Å². The van der Waals surface area contributed by atoms with Crippen LogP contribution in [0.1, 0.15) is 16.8 Å². The number of rotatable bonds is 7. The monoisotopic (exact) mass is 411 g/mol. The molecule has 0 aliphatic carbocycles. The van der Waals surface area contributed by atoms with Crippen molar-refractivity contribution in [3.05, 3.63) is 50.9 Å². The first-order chi connectivity index (χ1) is 13.1. The number of amides is 3. The normalized spacial score (nSPS) is 16.6. The van der Waals surface area contributed by atoms with Gasteiger partial charge in [-0.15, -0.1) is 0 Å². The van der Waals surface area contributed by atoms with Crippen LogP contribution in [-0.4, -0.2) is 52.3 Å². The fourth-order valence-electron chi connectivity index (χ4n) is 2.41. The number of azide groups is 1. The third-order valence-electron chi connectivity index (χ3n) is 3.63. The number of nitro benzene ring substituents is 1. The zero-order valence-corrected chi connectivity index (χ0v) is 14.6. The highest BCUT2D eigenvalue weighted by molar-refractivity contribution is 7.87. The van der Waals surface area contributed by atoms with Crippen molar-refractivity contribution in [3.8, 4) is 0 Å². The fourth-order valence-corrected chi connectivity index (χ4v) is 3.13. The lowest BCUT2D eigenvalue weighted by Gasteiger charge is -2.14. The topological polar surface area (TPSA) is 213 Å². The van der Waals surface area contributed by atoms with Gasteiger partial charge >= 0.3 is 0 Å². The summed E-state index contributed by atoms with van der Waals surface area (Å²) in [5.41, 5.74) is 6.89. The van der Waals surface area contributed by atoms with Crippen molar-refractivity contribution in [2.75, 3.05) is 6.54 Å². The van der Waals surface area contributed by atoms with Gasteiger partial charge in [0.1, 0.15) is 11.3 Å². The Bertz CT molecular complexity index is 1020. The van der Waals surface area contributed by atoms with Crippen molar-refractivity contribution in [1.29, 1.82) is 0 Å². The number of carbonyl (C=O) groups excluding carboxylic acids is 3. The summed E-state index contributed by atoms with van der Waals surface area (Å²) in [6.07, 6.45) is -0.748. The molecule has 1 saturated heterocycles. The van der Waals surface area contributed by atoms with Crippen molar-refractivity contribution in [1.82, 2.24) is 10.2 Å². The first-order valence-electron chi connectivity index (χ1n) is 7.34. The number of likely N-dealkylation sites (tertiary alicyclic amines) is 1. The van der Waals surface area contributed by atoms with Crippen LogP contribution in [0.3, 0.4) is 0 Å². The van der Waals surface area contributed by atoms with Crippen molar-refractivity contribution in [2.45, 2.75) is 11.7 Å². The number of nitrogens with zero attached hydrogens (tertiary/aromatic N) is 5. The molecule has 3 amide bonds. The highest BCUT2D eigenvalue weighted by Crippen LogP contribution is 2.31. The molecule has 147 valence electrons. The second-order valence-electron chi connectivity index (χ2n) is 5.32. The lowest BCUT2D eigenvalue weighted by atomic mass is 10.1. The molecule has 1 heterocycles. The number of nitrogens with one attached hydrogen (secondary N) is 1. The molecule has 0 bridgehead atoms. The fraction of sp³-hybridized carbons (Fsp3) is 0.231. The van der Waals surface area contributed by atoms with Crippen LogP contribution < -0.4 is 5.32 Å². The van der Waals surface area contributed by atoms with E-state index in [0.717, 1.165) is 18.7 Å². The Kier molecular flexibility index (Phi) is 5.93. The van der Waals surface area contributed by atoms with E-state index in [4.69, 9.17) is 10.1 Å². The average molecular weight is 411 g/mol. The third kappa shape index (κ3) is 4.22. The molecule has 2 rings (SSSR count). The van der Waals surface area contributed by atoms with Gasteiger partial charge in [0.05, 0.1) is 17.9 Å². The summed E-state index contributed by atoms with van der Waals surface area (Å²) in [6, 6.07) is 3.49. The van der Waals surface area contributed by atoms with Gasteiger partial charge in [-0.25, -0.2) is 0 Å². The van der Waals surface area contributed by atoms with Crippen molar-refractivity contribution < 1.29 is 32.3 Å². The van der Waals surface area contributed by atoms with Crippen LogP contribution in [0.15, 0.2) is 23.3 Å². The van der Waals surface area contributed by atoms with E-state index >= 15 is 0 Å². The highest BCUT2D eigenvalue weighted by Gasteiger charge is 2.45. The summed E-state index contributed by atoms with van der Waals surface area (Å²) < 4.78 is 31.1. The molecule has 1 atom stereocenters. The largest absolute Gasteiger partial charge is 0.350 e. The first-order valence-corrected chi connectivity index (χ1v) is 8.84. The van der Waals surface area contributed by atoms with Gasteiger partial charge < -0.3 is 5.32 Å². The molecule has 1 radical (unpaired) electrons. The molecule has 1 fully saturated rings. The zero-order valence-electron chi connectivity index (χ0n) is 13.8. The molecular weight excluding hydrogens is 400 g/mol. The maximum absolute atomic E-state index is 12.2. The summed E-state index contributed by atoms with van der Waals surface area (Å²) in [5.74, 6) is -3.06. The average Bonchev–Trinajstić information content (AvgIpc) is 2.89. The third-order valence-corrected chi connectivity index (χ3v) is 4.72. The summed E-state index contributed by atoms with van der Waals surface area (Å²) >= 11 is 0. The highest BCUT2D eigenvalue weighted by atomic mass is 32.2. The summed E-state index contributed by atoms with van der Waals surface area (Å²) in [5, 5.41) is 14.6. The van der Waals surface area contributed by atoms with Gasteiger partial charge in [-0.1, -0.05) is 11.2 Å². The second kappa shape index (κ2) is 7.99. The SMILES string of the molecule is [N-]=[N+]=Nc1cccc(C(=O)NC[CH]N2C(=O)CC(S(=O)(=O)O)C2=O)c1[N+](=O)[O-]. The van der Waals surface area contributed by atoms with Crippen LogP contribution in [0.2, 0.25) is 0 Å². The lowest BCUT2D eigenvalue weighted by molar-refractivity contribution is -0.384. The van der Waals surface area contributed by atoms with Crippen molar-refractivity contribution in [2.24, 2.45) is 5.11 Å². The number of hydrogen-bond acceptors (Lipinski definition) is 8. The molecule has 2 N–H and O–H groups in total. The number of carbonyl (C=O) groups is 3. The molecule has 1 aliphatic rings. The molecule has 14 nitrogen and oxygen atoms in total. The molecule has 28 heavy (non-hydrogen) atoms. The van der Waals surface area contributed by atoms with E-state index in [1.54, 1.807) is 0 Å². The zero-order chi connectivity index (χ0) is 21.1. The smallest absolute Gasteiger partial charge is 0.291 e. The van der Waals surface area contributed by atoms with Crippen LogP contribution in [0, 0.1) is 16.7 Å². The van der Waals surface area contributed by atoms with Gasteiger partial charge in [-0.05, 0) is 17.7 Å². The molecule has 0 aromatic heterocycles. The maximum Gasteiger partial charge on any atom is 0.291 e. The molecular formula is C13H11N6O8S. The minimum absolute atomic E-state index is 0.384. The van der Waals surface area contributed by atoms with E-state index in [1.165, 1.54) is 6.07 Å². The second-order valence-corrected chi connectivity index (χ2v) is 6.92. The summed E-state index contributed by atoms with van der Waals surface area (Å²) in [4.78, 5) is 48.9.